The topological polar surface area (TPSA) is 137 Å². The van der Waals surface area contributed by atoms with Crippen LogP contribution in [0, 0.1) is 0 Å². The average Bonchev–Trinajstić information content (AvgIpc) is 3.45. The Balaban J connectivity index is 0.000000755. The first-order valence-electron chi connectivity index (χ1n) is 14.5. The van der Waals surface area contributed by atoms with E-state index in [1.54, 1.807) is 29.2 Å². The summed E-state index contributed by atoms with van der Waals surface area (Å²) in [6, 6.07) is 15.6. The number of nitrogens with one attached hydrogen (secondary N) is 2. The fourth-order valence-electron chi connectivity index (χ4n) is 4.81. The number of aliphatic carboxylic acids is 1. The molecule has 1 aromatic heterocycles. The van der Waals surface area contributed by atoms with Gasteiger partial charge in [-0.1, -0.05) is 23.7 Å². The van der Waals surface area contributed by atoms with Gasteiger partial charge in [-0.25, -0.2) is 9.78 Å². The lowest BCUT2D eigenvalue weighted by atomic mass is 10.2. The van der Waals surface area contributed by atoms with Crippen molar-refractivity contribution in [3.05, 3.63) is 77.3 Å². The number of benzene rings is 3. The predicted octanol–water partition coefficient (Wildman–Crippen LogP) is 6.13. The summed E-state index contributed by atoms with van der Waals surface area (Å²) in [4.78, 5) is 54.0. The van der Waals surface area contributed by atoms with E-state index in [0.717, 1.165) is 16.7 Å². The minimum absolute atomic E-state index is 0.0564. The second-order valence-corrected chi connectivity index (χ2v) is 11.1. The maximum atomic E-state index is 13.8. The van der Waals surface area contributed by atoms with Crippen LogP contribution in [0.3, 0.4) is 0 Å². The van der Waals surface area contributed by atoms with E-state index in [0.29, 0.717) is 11.1 Å². The molecule has 1 aliphatic rings. The zero-order valence-corrected chi connectivity index (χ0v) is 26.5. The van der Waals surface area contributed by atoms with Crippen molar-refractivity contribution in [2.75, 3.05) is 43.4 Å². The van der Waals surface area contributed by atoms with Gasteiger partial charge >= 0.3 is 36.7 Å². The fourth-order valence-corrected chi connectivity index (χ4v) is 5.03. The van der Waals surface area contributed by atoms with Gasteiger partial charge in [0.05, 0.1) is 28.2 Å². The van der Waals surface area contributed by atoms with Gasteiger partial charge in [0.25, 0.3) is 0 Å². The summed E-state index contributed by atoms with van der Waals surface area (Å²) in [5, 5.41) is 11.6. The highest BCUT2D eigenvalue weighted by Gasteiger charge is 2.38. The molecule has 51 heavy (non-hydrogen) atoms. The molecular formula is C31H25ClF8N6O5. The molecule has 1 fully saturated rings. The largest absolute Gasteiger partial charge is 0.490 e. The van der Waals surface area contributed by atoms with Crippen LogP contribution in [0.4, 0.5) is 46.5 Å². The molecule has 0 saturated carbocycles. The van der Waals surface area contributed by atoms with Crippen molar-refractivity contribution in [3.63, 3.8) is 0 Å². The van der Waals surface area contributed by atoms with Crippen LogP contribution in [0.2, 0.25) is 5.02 Å². The van der Waals surface area contributed by atoms with Crippen molar-refractivity contribution < 1.29 is 59.4 Å². The number of para-hydroxylation sites is 2. The smallest absolute Gasteiger partial charge is 0.475 e. The fraction of sp³-hybridized carbons (Fsp3) is 0.258. The summed E-state index contributed by atoms with van der Waals surface area (Å²) >= 11 is 5.61. The number of hydrogen-bond donors (Lipinski definition) is 3. The van der Waals surface area contributed by atoms with Crippen LogP contribution < -0.4 is 10.6 Å². The zero-order chi connectivity index (χ0) is 37.7. The number of hydrogen-bond acceptors (Lipinski definition) is 6. The highest BCUT2D eigenvalue weighted by atomic mass is 35.5. The SMILES string of the molecule is O=C(CN1CCN(C(=O)C(=O)Nc2ccc(-c3nc4ccccc4n3C(F)F)cc2)CC1)Nc1ccc(Cl)c(C(F)(F)F)c1.O=C(O)C(F)(F)F. The summed E-state index contributed by atoms with van der Waals surface area (Å²) in [7, 11) is 0. The first-order valence-corrected chi connectivity index (χ1v) is 14.9. The maximum Gasteiger partial charge on any atom is 0.490 e. The molecule has 0 radical (unpaired) electrons. The third-order valence-corrected chi connectivity index (χ3v) is 7.54. The Labute approximate surface area is 287 Å². The van der Waals surface area contributed by atoms with E-state index in [2.05, 4.69) is 15.6 Å². The summed E-state index contributed by atoms with van der Waals surface area (Å²) in [5.74, 6) is -4.94. The van der Waals surface area contributed by atoms with Gasteiger partial charge in [0.2, 0.25) is 5.91 Å². The molecule has 1 saturated heterocycles. The van der Waals surface area contributed by atoms with E-state index in [4.69, 9.17) is 21.5 Å². The number of imidazole rings is 1. The Bertz CT molecular complexity index is 1910. The molecule has 4 aromatic rings. The van der Waals surface area contributed by atoms with Gasteiger partial charge < -0.3 is 20.6 Å². The minimum Gasteiger partial charge on any atom is -0.475 e. The summed E-state index contributed by atoms with van der Waals surface area (Å²) < 4.78 is 99.4. The molecule has 20 heteroatoms. The number of amides is 3. The number of aromatic nitrogens is 2. The Kier molecular flexibility index (Phi) is 11.9. The van der Waals surface area contributed by atoms with Gasteiger partial charge in [0.15, 0.2) is 0 Å². The van der Waals surface area contributed by atoms with Gasteiger partial charge in [-0.2, -0.15) is 35.1 Å². The number of carboxylic acids is 1. The summed E-state index contributed by atoms with van der Waals surface area (Å²) in [5.41, 5.74) is 0.236. The number of rotatable bonds is 6. The Morgan fingerprint density at radius 1 is 0.843 bits per heavy atom. The molecule has 5 rings (SSSR count). The first kappa shape index (κ1) is 38.5. The molecule has 0 spiro atoms. The number of carboxylic acid groups (broad SMARTS) is 1. The maximum absolute atomic E-state index is 13.8. The van der Waals surface area contributed by atoms with Crippen LogP contribution in [0.1, 0.15) is 12.1 Å². The third kappa shape index (κ3) is 9.91. The molecule has 3 N–H and O–H groups in total. The van der Waals surface area contributed by atoms with Crippen LogP contribution in [0.25, 0.3) is 22.4 Å². The molecule has 2 heterocycles. The molecule has 3 amide bonds. The number of alkyl halides is 8. The number of piperazine rings is 1. The highest BCUT2D eigenvalue weighted by Crippen LogP contribution is 2.36. The first-order chi connectivity index (χ1) is 23.8. The molecule has 272 valence electrons. The van der Waals surface area contributed by atoms with E-state index in [-0.39, 0.29) is 55.4 Å². The molecule has 0 atom stereocenters. The minimum atomic E-state index is -5.08. The molecule has 3 aromatic carbocycles. The van der Waals surface area contributed by atoms with E-state index in [1.807, 2.05) is 0 Å². The second-order valence-electron chi connectivity index (χ2n) is 10.7. The molecule has 0 aliphatic carbocycles. The quantitative estimate of drug-likeness (QED) is 0.160. The molecule has 11 nitrogen and oxygen atoms in total. The van der Waals surface area contributed by atoms with Crippen LogP contribution in [-0.4, -0.2) is 87.0 Å². The Morgan fingerprint density at radius 3 is 2.00 bits per heavy atom. The zero-order valence-electron chi connectivity index (χ0n) is 25.7. The lowest BCUT2D eigenvalue weighted by molar-refractivity contribution is -0.192. The van der Waals surface area contributed by atoms with Gasteiger partial charge in [-0.05, 0) is 54.6 Å². The normalized spacial score (nSPS) is 13.8. The number of fused-ring (bicyclic) bond motifs is 1. The van der Waals surface area contributed by atoms with E-state index in [1.165, 1.54) is 35.2 Å². The van der Waals surface area contributed by atoms with Crippen molar-refractivity contribution in [3.8, 4) is 11.4 Å². The van der Waals surface area contributed by atoms with Gasteiger partial charge in [0, 0.05) is 43.1 Å². The van der Waals surface area contributed by atoms with E-state index < -0.39 is 53.2 Å². The van der Waals surface area contributed by atoms with Crippen molar-refractivity contribution in [1.29, 1.82) is 0 Å². The van der Waals surface area contributed by atoms with E-state index in [9.17, 15) is 49.5 Å². The third-order valence-electron chi connectivity index (χ3n) is 7.21. The van der Waals surface area contributed by atoms with E-state index >= 15 is 0 Å². The highest BCUT2D eigenvalue weighted by molar-refractivity contribution is 6.39. The monoisotopic (exact) mass is 748 g/mol. The van der Waals surface area contributed by atoms with Crippen molar-refractivity contribution >= 4 is 57.7 Å². The number of nitrogens with zero attached hydrogens (tertiary/aromatic N) is 4. The molecule has 1 aliphatic heterocycles. The standard InChI is InChI=1S/C29H24ClF5N6O3.C2HF3O2/c30-21-10-9-19(15-20(21)29(33,34)35)36-24(42)16-39-11-13-40(14-12-39)27(44)26(43)37-18-7-5-17(6-8-18)25-38-22-3-1-2-4-23(22)41(25)28(31)32;3-2(4,5)1(6)7/h1-10,15,28H,11-14,16H2,(H,36,42)(H,37,43);(H,6,7). The number of anilines is 2. The van der Waals surface area contributed by atoms with Gasteiger partial charge in [-0.3, -0.25) is 23.9 Å². The van der Waals surface area contributed by atoms with Crippen LogP contribution in [-0.2, 0) is 25.4 Å². The number of halogens is 9. The van der Waals surface area contributed by atoms with Crippen molar-refractivity contribution in [1.82, 2.24) is 19.4 Å². The molecular weight excluding hydrogens is 724 g/mol. The number of carbonyl (C=O) groups is 4. The van der Waals surface area contributed by atoms with Crippen molar-refractivity contribution in [2.24, 2.45) is 0 Å². The van der Waals surface area contributed by atoms with Gasteiger partial charge in [-0.15, -0.1) is 0 Å². The lowest BCUT2D eigenvalue weighted by Gasteiger charge is -2.33. The Morgan fingerprint density at radius 2 is 1.43 bits per heavy atom. The van der Waals surface area contributed by atoms with Crippen LogP contribution >= 0.6 is 11.6 Å². The summed E-state index contributed by atoms with van der Waals surface area (Å²) in [6.45, 7) is -2.17. The van der Waals surface area contributed by atoms with Crippen molar-refractivity contribution in [2.45, 2.75) is 18.9 Å². The number of carbonyl (C=O) groups excluding carboxylic acids is 3. The predicted molar refractivity (Wildman–Crippen MR) is 167 cm³/mol. The summed E-state index contributed by atoms with van der Waals surface area (Å²) in [6.07, 6.45) is -9.76. The second kappa shape index (κ2) is 15.7. The average molecular weight is 749 g/mol. The molecule has 0 unspecified atom stereocenters. The van der Waals surface area contributed by atoms with Crippen LogP contribution in [0.15, 0.2) is 66.7 Å². The molecule has 0 bridgehead atoms. The Hall–Kier alpha value is -5.30. The van der Waals surface area contributed by atoms with Crippen LogP contribution in [0.5, 0.6) is 0 Å². The lowest BCUT2D eigenvalue weighted by Crippen LogP contribution is -2.52. The van der Waals surface area contributed by atoms with Gasteiger partial charge in [0.1, 0.15) is 5.82 Å².